The molecular weight excluding hydrogens is 170 g/mol. The van der Waals surface area contributed by atoms with E-state index < -0.39 is 0 Å². The summed E-state index contributed by atoms with van der Waals surface area (Å²) >= 11 is 0. The van der Waals surface area contributed by atoms with E-state index in [-0.39, 0.29) is 0 Å². The van der Waals surface area contributed by atoms with Crippen molar-refractivity contribution in [1.29, 1.82) is 0 Å². The molecule has 1 unspecified atom stereocenters. The van der Waals surface area contributed by atoms with Gasteiger partial charge in [-0.3, -0.25) is 0 Å². The molecule has 1 heteroatoms. The van der Waals surface area contributed by atoms with Crippen LogP contribution in [-0.2, 0) is 6.42 Å². The molecule has 1 heterocycles. The summed E-state index contributed by atoms with van der Waals surface area (Å²) in [6, 6.07) is 7.06. The second kappa shape index (κ2) is 3.97. The van der Waals surface area contributed by atoms with Crippen LogP contribution in [-0.4, -0.2) is 12.6 Å². The Bertz CT molecular complexity index is 332. The first-order valence-corrected chi connectivity index (χ1v) is 5.22. The average molecular weight is 187 g/mol. The van der Waals surface area contributed by atoms with Gasteiger partial charge in [0.05, 0.1) is 0 Å². The highest BCUT2D eigenvalue weighted by molar-refractivity contribution is 5.35. The molecule has 1 nitrogen and oxygen atoms in total. The van der Waals surface area contributed by atoms with Crippen LogP contribution >= 0.6 is 0 Å². The number of benzene rings is 1. The van der Waals surface area contributed by atoms with Crippen LogP contribution < -0.4 is 5.32 Å². The minimum Gasteiger partial charge on any atom is -0.307 e. The Kier molecular flexibility index (Phi) is 2.69. The summed E-state index contributed by atoms with van der Waals surface area (Å²) in [6.45, 7) is 5.41. The van der Waals surface area contributed by atoms with Crippen molar-refractivity contribution < 1.29 is 0 Å². The third kappa shape index (κ3) is 1.88. The highest BCUT2D eigenvalue weighted by atomic mass is 14.9. The molecule has 1 aromatic carbocycles. The number of hydrogen-bond acceptors (Lipinski definition) is 1. The van der Waals surface area contributed by atoms with Crippen LogP contribution in [0.4, 0.5) is 0 Å². The maximum Gasteiger partial charge on any atom is 0.0294 e. The van der Waals surface area contributed by atoms with E-state index in [0.717, 1.165) is 13.0 Å². The SMILES string of the molecule is Cc1cccc(C)c1CC1C=CCN1. The van der Waals surface area contributed by atoms with Gasteiger partial charge >= 0.3 is 0 Å². The summed E-state index contributed by atoms with van der Waals surface area (Å²) < 4.78 is 0. The van der Waals surface area contributed by atoms with Gasteiger partial charge in [0.1, 0.15) is 0 Å². The van der Waals surface area contributed by atoms with Gasteiger partial charge in [0.25, 0.3) is 0 Å². The predicted octanol–water partition coefficient (Wildman–Crippen LogP) is 2.37. The molecule has 14 heavy (non-hydrogen) atoms. The fraction of sp³-hybridized carbons (Fsp3) is 0.385. The fourth-order valence-electron chi connectivity index (χ4n) is 2.05. The molecule has 0 amide bonds. The fourth-order valence-corrected chi connectivity index (χ4v) is 2.05. The van der Waals surface area contributed by atoms with Crippen molar-refractivity contribution in [3.8, 4) is 0 Å². The maximum absolute atomic E-state index is 3.45. The Balaban J connectivity index is 2.19. The van der Waals surface area contributed by atoms with Gasteiger partial charge in [-0.25, -0.2) is 0 Å². The molecule has 1 aliphatic rings. The van der Waals surface area contributed by atoms with Gasteiger partial charge in [-0.05, 0) is 37.0 Å². The third-order valence-electron chi connectivity index (χ3n) is 2.93. The standard InChI is InChI=1S/C13H17N/c1-10-5-3-6-11(2)13(10)9-12-7-4-8-14-12/h3-7,12,14H,8-9H2,1-2H3. The van der Waals surface area contributed by atoms with Crippen molar-refractivity contribution in [2.45, 2.75) is 26.3 Å². The van der Waals surface area contributed by atoms with Gasteiger partial charge in [0.2, 0.25) is 0 Å². The normalized spacial score (nSPS) is 20.3. The van der Waals surface area contributed by atoms with E-state index in [0.29, 0.717) is 6.04 Å². The van der Waals surface area contributed by atoms with Crippen LogP contribution in [0.3, 0.4) is 0 Å². The van der Waals surface area contributed by atoms with E-state index in [1.54, 1.807) is 0 Å². The second-order valence-electron chi connectivity index (χ2n) is 4.02. The van der Waals surface area contributed by atoms with Crippen LogP contribution in [0.25, 0.3) is 0 Å². The highest BCUT2D eigenvalue weighted by Gasteiger charge is 2.11. The lowest BCUT2D eigenvalue weighted by Gasteiger charge is -2.13. The molecule has 0 radical (unpaired) electrons. The van der Waals surface area contributed by atoms with Gasteiger partial charge in [0.15, 0.2) is 0 Å². The Hall–Kier alpha value is -1.08. The van der Waals surface area contributed by atoms with Crippen LogP contribution in [0.1, 0.15) is 16.7 Å². The van der Waals surface area contributed by atoms with Crippen LogP contribution in [0.2, 0.25) is 0 Å². The van der Waals surface area contributed by atoms with Crippen molar-refractivity contribution in [3.05, 3.63) is 47.0 Å². The van der Waals surface area contributed by atoms with E-state index in [1.165, 1.54) is 16.7 Å². The molecule has 74 valence electrons. The smallest absolute Gasteiger partial charge is 0.0294 e. The molecule has 1 atom stereocenters. The summed E-state index contributed by atoms with van der Waals surface area (Å²) in [5.41, 5.74) is 4.32. The summed E-state index contributed by atoms with van der Waals surface area (Å²) in [7, 11) is 0. The van der Waals surface area contributed by atoms with Crippen molar-refractivity contribution >= 4 is 0 Å². The van der Waals surface area contributed by atoms with Gasteiger partial charge in [-0.2, -0.15) is 0 Å². The van der Waals surface area contributed by atoms with E-state index in [1.807, 2.05) is 0 Å². The van der Waals surface area contributed by atoms with E-state index in [4.69, 9.17) is 0 Å². The van der Waals surface area contributed by atoms with Crippen LogP contribution in [0, 0.1) is 13.8 Å². The van der Waals surface area contributed by atoms with Gasteiger partial charge < -0.3 is 5.32 Å². The zero-order chi connectivity index (χ0) is 9.97. The summed E-state index contributed by atoms with van der Waals surface area (Å²) in [4.78, 5) is 0. The van der Waals surface area contributed by atoms with Crippen LogP contribution in [0.15, 0.2) is 30.4 Å². The lowest BCUT2D eigenvalue weighted by atomic mass is 9.97. The minimum atomic E-state index is 0.537. The van der Waals surface area contributed by atoms with Crippen molar-refractivity contribution in [2.24, 2.45) is 0 Å². The molecule has 1 aromatic rings. The Morgan fingerprint density at radius 2 is 2.00 bits per heavy atom. The lowest BCUT2D eigenvalue weighted by molar-refractivity contribution is 0.661. The van der Waals surface area contributed by atoms with Gasteiger partial charge in [-0.15, -0.1) is 0 Å². The van der Waals surface area contributed by atoms with Gasteiger partial charge in [-0.1, -0.05) is 30.4 Å². The summed E-state index contributed by atoms with van der Waals surface area (Å²) in [5.74, 6) is 0. The maximum atomic E-state index is 3.45. The van der Waals surface area contributed by atoms with E-state index >= 15 is 0 Å². The Morgan fingerprint density at radius 3 is 2.57 bits per heavy atom. The number of hydrogen-bond donors (Lipinski definition) is 1. The third-order valence-corrected chi connectivity index (χ3v) is 2.93. The van der Waals surface area contributed by atoms with Crippen molar-refractivity contribution in [3.63, 3.8) is 0 Å². The molecule has 0 spiro atoms. The summed E-state index contributed by atoms with van der Waals surface area (Å²) in [6.07, 6.45) is 5.60. The van der Waals surface area contributed by atoms with E-state index in [2.05, 4.69) is 49.5 Å². The predicted molar refractivity (Wildman–Crippen MR) is 60.6 cm³/mol. The second-order valence-corrected chi connectivity index (χ2v) is 4.02. The first-order valence-electron chi connectivity index (χ1n) is 5.22. The Morgan fingerprint density at radius 1 is 1.29 bits per heavy atom. The molecule has 1 aliphatic heterocycles. The molecule has 0 saturated carbocycles. The van der Waals surface area contributed by atoms with Crippen molar-refractivity contribution in [1.82, 2.24) is 5.32 Å². The first kappa shape index (κ1) is 9.47. The molecule has 0 saturated heterocycles. The zero-order valence-corrected chi connectivity index (χ0v) is 8.88. The first-order chi connectivity index (χ1) is 6.77. The lowest BCUT2D eigenvalue weighted by Crippen LogP contribution is -2.24. The molecule has 0 aliphatic carbocycles. The minimum absolute atomic E-state index is 0.537. The molecular formula is C13H17N. The zero-order valence-electron chi connectivity index (χ0n) is 8.88. The molecule has 1 N–H and O–H groups in total. The molecule has 0 bridgehead atoms. The quantitative estimate of drug-likeness (QED) is 0.701. The van der Waals surface area contributed by atoms with Gasteiger partial charge in [0, 0.05) is 12.6 Å². The Labute approximate surface area is 85.8 Å². The summed E-state index contributed by atoms with van der Waals surface area (Å²) in [5, 5.41) is 3.45. The monoisotopic (exact) mass is 187 g/mol. The molecule has 0 aromatic heterocycles. The van der Waals surface area contributed by atoms with E-state index in [9.17, 15) is 0 Å². The number of rotatable bonds is 2. The number of nitrogens with one attached hydrogen (secondary N) is 1. The molecule has 2 rings (SSSR count). The largest absolute Gasteiger partial charge is 0.307 e. The average Bonchev–Trinajstić information content (AvgIpc) is 2.64. The molecule has 0 fully saturated rings. The highest BCUT2D eigenvalue weighted by Crippen LogP contribution is 2.16. The van der Waals surface area contributed by atoms with Crippen molar-refractivity contribution in [2.75, 3.05) is 6.54 Å². The topological polar surface area (TPSA) is 12.0 Å². The van der Waals surface area contributed by atoms with Crippen LogP contribution in [0.5, 0.6) is 0 Å². The number of aryl methyl sites for hydroxylation is 2.